The van der Waals surface area contributed by atoms with E-state index in [1.165, 1.54) is 19.3 Å². The lowest BCUT2D eigenvalue weighted by Gasteiger charge is -2.04. The van der Waals surface area contributed by atoms with Crippen LogP contribution in [0.5, 0.6) is 5.75 Å². The van der Waals surface area contributed by atoms with Crippen LogP contribution in [0.25, 0.3) is 27.8 Å². The molecule has 0 aliphatic rings. The minimum absolute atomic E-state index is 0.173. The van der Waals surface area contributed by atoms with E-state index in [-0.39, 0.29) is 5.43 Å². The smallest absolute Gasteiger partial charge is 0.308 e. The van der Waals surface area contributed by atoms with Gasteiger partial charge in [-0.15, -0.1) is 0 Å². The van der Waals surface area contributed by atoms with Crippen LogP contribution in [0.3, 0.4) is 0 Å². The first-order valence-electron chi connectivity index (χ1n) is 7.96. The van der Waals surface area contributed by atoms with Crippen molar-refractivity contribution < 1.29 is 13.9 Å². The molecule has 0 aliphatic heterocycles. The molecule has 2 aromatic carbocycles. The van der Waals surface area contributed by atoms with Crippen molar-refractivity contribution in [1.82, 2.24) is 9.78 Å². The van der Waals surface area contributed by atoms with Crippen LogP contribution in [0.15, 0.2) is 76.4 Å². The molecule has 0 aliphatic carbocycles. The minimum Gasteiger partial charge on any atom is -0.463 e. The number of hydrogen-bond acceptors (Lipinski definition) is 5. The molecule has 0 atom stereocenters. The monoisotopic (exact) mass is 346 g/mol. The number of rotatable bonds is 3. The number of esters is 1. The van der Waals surface area contributed by atoms with Gasteiger partial charge in [0.05, 0.1) is 22.8 Å². The van der Waals surface area contributed by atoms with E-state index in [1.807, 2.05) is 30.3 Å². The zero-order valence-corrected chi connectivity index (χ0v) is 13.9. The maximum atomic E-state index is 12.8. The van der Waals surface area contributed by atoms with Gasteiger partial charge in [0.2, 0.25) is 5.43 Å². The Balaban J connectivity index is 1.76. The number of aromatic nitrogens is 2. The first-order valence-corrected chi connectivity index (χ1v) is 7.96. The summed E-state index contributed by atoms with van der Waals surface area (Å²) in [5, 5.41) is 4.72. The average Bonchev–Trinajstić information content (AvgIpc) is 3.12. The van der Waals surface area contributed by atoms with Gasteiger partial charge in [-0.25, -0.2) is 4.68 Å². The summed E-state index contributed by atoms with van der Waals surface area (Å²) >= 11 is 0. The lowest BCUT2D eigenvalue weighted by Crippen LogP contribution is -2.05. The third kappa shape index (κ3) is 2.88. The Morgan fingerprint density at radius 2 is 1.96 bits per heavy atom. The molecule has 6 heteroatoms. The second-order valence-electron chi connectivity index (χ2n) is 5.74. The quantitative estimate of drug-likeness (QED) is 0.419. The standard InChI is InChI=1S/C20H14N2O4/c1-13(23)26-16-7-8-17-19(9-16)25-12-18(20(17)24)14-10-21-22(11-14)15-5-3-2-4-6-15/h2-12H,1H3. The van der Waals surface area contributed by atoms with Crippen molar-refractivity contribution in [3.8, 4) is 22.6 Å². The summed E-state index contributed by atoms with van der Waals surface area (Å²) in [5.41, 5.74) is 2.16. The van der Waals surface area contributed by atoms with E-state index >= 15 is 0 Å². The summed E-state index contributed by atoms with van der Waals surface area (Å²) in [5.74, 6) is -0.102. The number of nitrogens with zero attached hydrogens (tertiary/aromatic N) is 2. The number of hydrogen-bond donors (Lipinski definition) is 0. The van der Waals surface area contributed by atoms with E-state index in [9.17, 15) is 9.59 Å². The third-order valence-electron chi connectivity index (χ3n) is 3.92. The van der Waals surface area contributed by atoms with Crippen LogP contribution in [0.4, 0.5) is 0 Å². The highest BCUT2D eigenvalue weighted by Crippen LogP contribution is 2.23. The van der Waals surface area contributed by atoms with E-state index in [4.69, 9.17) is 9.15 Å². The fraction of sp³-hybridized carbons (Fsp3) is 0.0500. The molecule has 0 N–H and O–H groups in total. The summed E-state index contributed by atoms with van der Waals surface area (Å²) in [4.78, 5) is 23.9. The molecule has 0 saturated carbocycles. The van der Waals surface area contributed by atoms with Crippen LogP contribution in [0.1, 0.15) is 6.92 Å². The van der Waals surface area contributed by atoms with Gasteiger partial charge in [0.25, 0.3) is 0 Å². The van der Waals surface area contributed by atoms with Crippen molar-refractivity contribution in [2.75, 3.05) is 0 Å². The largest absolute Gasteiger partial charge is 0.463 e. The van der Waals surface area contributed by atoms with Gasteiger partial charge in [-0.1, -0.05) is 18.2 Å². The minimum atomic E-state index is -0.434. The number of carbonyl (C=O) groups excluding carboxylic acids is 1. The van der Waals surface area contributed by atoms with Gasteiger partial charge in [0.15, 0.2) is 0 Å². The highest BCUT2D eigenvalue weighted by molar-refractivity contribution is 5.83. The number of carbonyl (C=O) groups is 1. The highest BCUT2D eigenvalue weighted by atomic mass is 16.5. The topological polar surface area (TPSA) is 74.3 Å². The van der Waals surface area contributed by atoms with Gasteiger partial charge >= 0.3 is 5.97 Å². The van der Waals surface area contributed by atoms with Crippen LogP contribution in [0, 0.1) is 0 Å². The fourth-order valence-corrected chi connectivity index (χ4v) is 2.72. The van der Waals surface area contributed by atoms with Crippen molar-refractivity contribution in [2.24, 2.45) is 0 Å². The summed E-state index contributed by atoms with van der Waals surface area (Å²) in [6.07, 6.45) is 4.80. The first kappa shape index (κ1) is 15.8. The second-order valence-corrected chi connectivity index (χ2v) is 5.74. The zero-order valence-electron chi connectivity index (χ0n) is 13.9. The Morgan fingerprint density at radius 3 is 2.73 bits per heavy atom. The van der Waals surface area contributed by atoms with Gasteiger partial charge in [-0.2, -0.15) is 5.10 Å². The van der Waals surface area contributed by atoms with E-state index in [2.05, 4.69) is 5.10 Å². The van der Waals surface area contributed by atoms with Crippen LogP contribution in [0.2, 0.25) is 0 Å². The van der Waals surface area contributed by atoms with E-state index < -0.39 is 5.97 Å². The molecule has 0 saturated heterocycles. The van der Waals surface area contributed by atoms with Crippen molar-refractivity contribution in [2.45, 2.75) is 6.92 Å². The summed E-state index contributed by atoms with van der Waals surface area (Å²) < 4.78 is 12.3. The summed E-state index contributed by atoms with van der Waals surface area (Å²) in [6.45, 7) is 1.31. The Labute approximate surface area is 148 Å². The Bertz CT molecular complexity index is 1160. The lowest BCUT2D eigenvalue weighted by atomic mass is 10.1. The van der Waals surface area contributed by atoms with Crippen LogP contribution >= 0.6 is 0 Å². The molecular formula is C20H14N2O4. The predicted octanol–water partition coefficient (Wildman–Crippen LogP) is 3.57. The second kappa shape index (κ2) is 6.33. The van der Waals surface area contributed by atoms with E-state index in [0.717, 1.165) is 5.69 Å². The van der Waals surface area contributed by atoms with Crippen LogP contribution in [-0.4, -0.2) is 15.7 Å². The molecule has 0 bridgehead atoms. The van der Waals surface area contributed by atoms with Gasteiger partial charge < -0.3 is 9.15 Å². The van der Waals surface area contributed by atoms with E-state index in [0.29, 0.717) is 27.8 Å². The molecule has 0 radical (unpaired) electrons. The predicted molar refractivity (Wildman–Crippen MR) is 96.4 cm³/mol. The Morgan fingerprint density at radius 1 is 1.15 bits per heavy atom. The van der Waals surface area contributed by atoms with E-state index in [1.54, 1.807) is 29.2 Å². The number of ether oxygens (including phenoxy) is 1. The maximum Gasteiger partial charge on any atom is 0.308 e. The molecule has 0 amide bonds. The molecule has 4 aromatic rings. The zero-order chi connectivity index (χ0) is 18.1. The third-order valence-corrected chi connectivity index (χ3v) is 3.92. The van der Waals surface area contributed by atoms with Crippen molar-refractivity contribution >= 4 is 16.9 Å². The van der Waals surface area contributed by atoms with Crippen molar-refractivity contribution in [1.29, 1.82) is 0 Å². The molecule has 0 spiro atoms. The molecule has 4 rings (SSSR count). The van der Waals surface area contributed by atoms with Gasteiger partial charge in [-0.05, 0) is 24.3 Å². The molecule has 2 aromatic heterocycles. The summed E-state index contributed by atoms with van der Waals surface area (Å²) in [7, 11) is 0. The molecule has 128 valence electrons. The molecular weight excluding hydrogens is 332 g/mol. The Kier molecular flexibility index (Phi) is 3.85. The highest BCUT2D eigenvalue weighted by Gasteiger charge is 2.12. The van der Waals surface area contributed by atoms with Crippen LogP contribution in [-0.2, 0) is 4.79 Å². The fourth-order valence-electron chi connectivity index (χ4n) is 2.72. The van der Waals surface area contributed by atoms with Crippen molar-refractivity contribution in [3.05, 3.63) is 77.4 Å². The number of benzene rings is 2. The lowest BCUT2D eigenvalue weighted by molar-refractivity contribution is -0.131. The van der Waals surface area contributed by atoms with Gasteiger partial charge in [-0.3, -0.25) is 9.59 Å². The molecule has 0 fully saturated rings. The van der Waals surface area contributed by atoms with Gasteiger partial charge in [0.1, 0.15) is 17.6 Å². The van der Waals surface area contributed by atoms with Crippen molar-refractivity contribution in [3.63, 3.8) is 0 Å². The first-order chi connectivity index (χ1) is 12.6. The summed E-state index contributed by atoms with van der Waals surface area (Å²) in [6, 6.07) is 14.3. The number of para-hydroxylation sites is 1. The SMILES string of the molecule is CC(=O)Oc1ccc2c(=O)c(-c3cnn(-c4ccccc4)c3)coc2c1. The number of fused-ring (bicyclic) bond motifs is 1. The molecule has 6 nitrogen and oxygen atoms in total. The molecule has 26 heavy (non-hydrogen) atoms. The average molecular weight is 346 g/mol. The maximum absolute atomic E-state index is 12.8. The molecule has 2 heterocycles. The van der Waals surface area contributed by atoms with Gasteiger partial charge in [0, 0.05) is 24.8 Å². The molecule has 0 unspecified atom stereocenters. The normalized spacial score (nSPS) is 10.8. The Hall–Kier alpha value is -3.67. The van der Waals surface area contributed by atoms with Crippen LogP contribution < -0.4 is 10.2 Å².